The van der Waals surface area contributed by atoms with E-state index in [1.165, 1.54) is 4.57 Å². The van der Waals surface area contributed by atoms with Gasteiger partial charge in [-0.2, -0.15) is 0 Å². The van der Waals surface area contributed by atoms with Crippen LogP contribution in [0.25, 0.3) is 0 Å². The predicted molar refractivity (Wildman–Crippen MR) is 82.8 cm³/mol. The minimum absolute atomic E-state index is 0.149. The molecule has 1 heterocycles. The van der Waals surface area contributed by atoms with Gasteiger partial charge in [-0.25, -0.2) is 4.79 Å². The van der Waals surface area contributed by atoms with Crippen molar-refractivity contribution in [3.63, 3.8) is 0 Å². The third-order valence-corrected chi connectivity index (χ3v) is 3.54. The van der Waals surface area contributed by atoms with Crippen LogP contribution >= 0.6 is 11.6 Å². The first-order valence-corrected chi connectivity index (χ1v) is 7.33. The highest BCUT2D eigenvalue weighted by molar-refractivity contribution is 6.30. The molecule has 0 aliphatic carbocycles. The fraction of sp³-hybridized carbons (Fsp3) is 0.714. The Balaban J connectivity index is 3.39. The first-order chi connectivity index (χ1) is 9.27. The Kier molecular flexibility index (Phi) is 6.02. The number of hydrogen-bond donors (Lipinski definition) is 1. The predicted octanol–water partition coefficient (Wildman–Crippen LogP) is 1.90. The number of aromatic amines is 1. The molecule has 6 heteroatoms. The van der Waals surface area contributed by atoms with Gasteiger partial charge < -0.3 is 4.90 Å². The van der Waals surface area contributed by atoms with Crippen LogP contribution in [0, 0.1) is 5.92 Å². The molecule has 1 atom stereocenters. The monoisotopic (exact) mass is 301 g/mol. The SMILES string of the molecule is CCc1c(Cl)[nH]c(=O)n(C(CC(C)C)CN(C)C)c1=O. The lowest BCUT2D eigenvalue weighted by Crippen LogP contribution is -2.43. The number of rotatable bonds is 6. The number of nitrogens with zero attached hydrogens (tertiary/aromatic N) is 2. The van der Waals surface area contributed by atoms with E-state index < -0.39 is 5.69 Å². The van der Waals surface area contributed by atoms with Gasteiger partial charge in [0, 0.05) is 6.54 Å². The van der Waals surface area contributed by atoms with Crippen LogP contribution in [0.3, 0.4) is 0 Å². The Bertz CT molecular complexity index is 551. The van der Waals surface area contributed by atoms with E-state index in [1.807, 2.05) is 25.9 Å². The molecule has 0 saturated carbocycles. The molecule has 1 aromatic heterocycles. The van der Waals surface area contributed by atoms with Crippen LogP contribution in [0.5, 0.6) is 0 Å². The van der Waals surface area contributed by atoms with E-state index in [0.717, 1.165) is 6.42 Å². The van der Waals surface area contributed by atoms with Gasteiger partial charge in [-0.15, -0.1) is 0 Å². The number of H-pyrrole nitrogens is 1. The first kappa shape index (κ1) is 17.0. The number of aromatic nitrogens is 2. The van der Waals surface area contributed by atoms with Crippen molar-refractivity contribution in [1.82, 2.24) is 14.5 Å². The molecule has 0 bridgehead atoms. The standard InChI is InChI=1S/C14H24ClN3O2/c1-6-11-12(15)16-14(20)18(13(11)19)10(7-9(2)3)8-17(4)5/h9-10H,6-8H2,1-5H3,(H,16,20). The summed E-state index contributed by atoms with van der Waals surface area (Å²) in [6.45, 7) is 6.66. The van der Waals surface area contributed by atoms with Crippen molar-refractivity contribution in [2.75, 3.05) is 20.6 Å². The van der Waals surface area contributed by atoms with Crippen molar-refractivity contribution < 1.29 is 0 Å². The maximum Gasteiger partial charge on any atom is 0.329 e. The Labute approximate surface area is 124 Å². The molecule has 0 amide bonds. The van der Waals surface area contributed by atoms with Gasteiger partial charge in [-0.1, -0.05) is 32.4 Å². The first-order valence-electron chi connectivity index (χ1n) is 6.95. The van der Waals surface area contributed by atoms with Crippen LogP contribution in [0.1, 0.15) is 38.8 Å². The van der Waals surface area contributed by atoms with Gasteiger partial charge in [0.1, 0.15) is 5.15 Å². The molecule has 0 fully saturated rings. The summed E-state index contributed by atoms with van der Waals surface area (Å²) in [6.07, 6.45) is 1.27. The lowest BCUT2D eigenvalue weighted by Gasteiger charge is -2.24. The molecule has 0 spiro atoms. The van der Waals surface area contributed by atoms with E-state index in [0.29, 0.717) is 24.4 Å². The molecule has 0 saturated heterocycles. The Morgan fingerprint density at radius 3 is 2.35 bits per heavy atom. The lowest BCUT2D eigenvalue weighted by molar-refractivity contribution is 0.277. The molecule has 0 radical (unpaired) electrons. The second-order valence-electron chi connectivity index (χ2n) is 5.80. The third-order valence-electron chi connectivity index (χ3n) is 3.22. The van der Waals surface area contributed by atoms with Crippen molar-refractivity contribution in [1.29, 1.82) is 0 Å². The van der Waals surface area contributed by atoms with Gasteiger partial charge in [0.25, 0.3) is 5.56 Å². The van der Waals surface area contributed by atoms with Crippen molar-refractivity contribution in [2.45, 2.75) is 39.7 Å². The Morgan fingerprint density at radius 1 is 1.30 bits per heavy atom. The fourth-order valence-corrected chi connectivity index (χ4v) is 2.72. The van der Waals surface area contributed by atoms with E-state index in [1.54, 1.807) is 0 Å². The largest absolute Gasteiger partial charge is 0.329 e. The molecule has 0 aromatic carbocycles. The maximum absolute atomic E-state index is 12.5. The fourth-order valence-electron chi connectivity index (χ4n) is 2.43. The second-order valence-corrected chi connectivity index (χ2v) is 6.17. The molecule has 1 unspecified atom stereocenters. The quantitative estimate of drug-likeness (QED) is 0.817. The third kappa shape index (κ3) is 3.96. The summed E-state index contributed by atoms with van der Waals surface area (Å²) in [6, 6.07) is -0.149. The zero-order chi connectivity index (χ0) is 15.4. The van der Waals surface area contributed by atoms with Crippen LogP contribution in [-0.4, -0.2) is 35.1 Å². The number of likely N-dealkylation sites (N-methyl/N-ethyl adjacent to an activating group) is 1. The maximum atomic E-state index is 12.5. The van der Waals surface area contributed by atoms with E-state index in [2.05, 4.69) is 18.8 Å². The van der Waals surface area contributed by atoms with Crippen molar-refractivity contribution in [3.05, 3.63) is 31.6 Å². The van der Waals surface area contributed by atoms with Crippen LogP contribution in [0.15, 0.2) is 9.59 Å². The van der Waals surface area contributed by atoms with Crippen LogP contribution in [0.2, 0.25) is 5.15 Å². The average Bonchev–Trinajstić information content (AvgIpc) is 2.26. The molecular formula is C14H24ClN3O2. The summed E-state index contributed by atoms with van der Waals surface area (Å²) < 4.78 is 1.32. The highest BCUT2D eigenvalue weighted by atomic mass is 35.5. The minimum Gasteiger partial charge on any atom is -0.307 e. The summed E-state index contributed by atoms with van der Waals surface area (Å²) in [5.41, 5.74) is -0.225. The van der Waals surface area contributed by atoms with Crippen LogP contribution in [0.4, 0.5) is 0 Å². The van der Waals surface area contributed by atoms with Crippen LogP contribution < -0.4 is 11.2 Å². The lowest BCUT2D eigenvalue weighted by atomic mass is 10.0. The molecule has 0 aliphatic heterocycles. The second kappa shape index (κ2) is 7.09. The normalized spacial score (nSPS) is 13.2. The highest BCUT2D eigenvalue weighted by Gasteiger charge is 2.20. The summed E-state index contributed by atoms with van der Waals surface area (Å²) in [5, 5.41) is 0.159. The molecule has 20 heavy (non-hydrogen) atoms. The molecule has 114 valence electrons. The van der Waals surface area contributed by atoms with E-state index >= 15 is 0 Å². The molecule has 5 nitrogen and oxygen atoms in total. The zero-order valence-electron chi connectivity index (χ0n) is 12.9. The topological polar surface area (TPSA) is 58.1 Å². The highest BCUT2D eigenvalue weighted by Crippen LogP contribution is 2.16. The molecule has 1 rings (SSSR count). The summed E-state index contributed by atoms with van der Waals surface area (Å²) >= 11 is 5.94. The molecule has 1 aromatic rings. The molecule has 1 N–H and O–H groups in total. The summed E-state index contributed by atoms with van der Waals surface area (Å²) in [5.74, 6) is 0.395. The Hall–Kier alpha value is -1.07. The number of nitrogens with one attached hydrogen (secondary N) is 1. The van der Waals surface area contributed by atoms with E-state index in [9.17, 15) is 9.59 Å². The van der Waals surface area contributed by atoms with Gasteiger partial charge in [0.05, 0.1) is 11.6 Å². The zero-order valence-corrected chi connectivity index (χ0v) is 13.6. The van der Waals surface area contributed by atoms with Gasteiger partial charge in [-0.05, 0) is 32.9 Å². The van der Waals surface area contributed by atoms with Crippen molar-refractivity contribution in [2.24, 2.45) is 5.92 Å². The Morgan fingerprint density at radius 2 is 1.90 bits per heavy atom. The average molecular weight is 302 g/mol. The molecule has 0 aliphatic rings. The number of halogens is 1. The van der Waals surface area contributed by atoms with Crippen molar-refractivity contribution >= 4 is 11.6 Å². The molecular weight excluding hydrogens is 278 g/mol. The van der Waals surface area contributed by atoms with Gasteiger partial charge in [-0.3, -0.25) is 14.3 Å². The van der Waals surface area contributed by atoms with E-state index in [4.69, 9.17) is 11.6 Å². The smallest absolute Gasteiger partial charge is 0.307 e. The summed E-state index contributed by atoms with van der Waals surface area (Å²) in [7, 11) is 3.87. The van der Waals surface area contributed by atoms with Crippen molar-refractivity contribution in [3.8, 4) is 0 Å². The van der Waals surface area contributed by atoms with E-state index in [-0.39, 0.29) is 16.8 Å². The van der Waals surface area contributed by atoms with Gasteiger partial charge >= 0.3 is 5.69 Å². The number of hydrogen-bond acceptors (Lipinski definition) is 3. The summed E-state index contributed by atoms with van der Waals surface area (Å²) in [4.78, 5) is 29.2. The van der Waals surface area contributed by atoms with Crippen LogP contribution in [-0.2, 0) is 6.42 Å². The van der Waals surface area contributed by atoms with Gasteiger partial charge in [0.2, 0.25) is 0 Å². The minimum atomic E-state index is -0.426. The van der Waals surface area contributed by atoms with Gasteiger partial charge in [0.15, 0.2) is 0 Å².